The number of H-pyrrole nitrogens is 1. The summed E-state index contributed by atoms with van der Waals surface area (Å²) in [5.41, 5.74) is 3.25. The Balaban J connectivity index is 2.94. The number of rotatable bonds is 6. The Bertz CT molecular complexity index is 436. The fourth-order valence-electron chi connectivity index (χ4n) is 1.54. The molecule has 0 aliphatic rings. The first-order chi connectivity index (χ1) is 8.58. The number of allylic oxidation sites excluding steroid dienone is 5. The van der Waals surface area contributed by atoms with Gasteiger partial charge < -0.3 is 0 Å². The number of aromatic amines is 1. The van der Waals surface area contributed by atoms with Gasteiger partial charge in [0.25, 0.3) is 0 Å². The van der Waals surface area contributed by atoms with Crippen LogP contribution in [0, 0.1) is 5.92 Å². The van der Waals surface area contributed by atoms with E-state index in [2.05, 4.69) is 62.7 Å². The smallest absolute Gasteiger partial charge is 0.0923 e. The van der Waals surface area contributed by atoms with Gasteiger partial charge in [0.2, 0.25) is 0 Å². The van der Waals surface area contributed by atoms with E-state index in [0.29, 0.717) is 11.8 Å². The van der Waals surface area contributed by atoms with Crippen LogP contribution in [0.25, 0.3) is 5.57 Å². The molecule has 0 aliphatic carbocycles. The first-order valence-corrected chi connectivity index (χ1v) is 6.65. The van der Waals surface area contributed by atoms with Crippen molar-refractivity contribution >= 4 is 5.57 Å². The van der Waals surface area contributed by atoms with Crippen molar-refractivity contribution in [2.75, 3.05) is 0 Å². The van der Waals surface area contributed by atoms with Crippen LogP contribution in [-0.2, 0) is 0 Å². The van der Waals surface area contributed by atoms with Gasteiger partial charge in [0.1, 0.15) is 0 Å². The van der Waals surface area contributed by atoms with Crippen molar-refractivity contribution in [1.82, 2.24) is 10.2 Å². The van der Waals surface area contributed by atoms with Crippen LogP contribution in [0.2, 0.25) is 0 Å². The molecule has 1 N–H and O–H groups in total. The van der Waals surface area contributed by atoms with Crippen molar-refractivity contribution in [1.29, 1.82) is 0 Å². The predicted molar refractivity (Wildman–Crippen MR) is 79.4 cm³/mol. The van der Waals surface area contributed by atoms with E-state index < -0.39 is 0 Å². The lowest BCUT2D eigenvalue weighted by Gasteiger charge is -2.01. The molecule has 0 aliphatic heterocycles. The number of nitrogens with one attached hydrogen (secondary N) is 1. The van der Waals surface area contributed by atoms with Gasteiger partial charge in [-0.3, -0.25) is 5.10 Å². The van der Waals surface area contributed by atoms with Gasteiger partial charge >= 0.3 is 0 Å². The fourth-order valence-corrected chi connectivity index (χ4v) is 1.54. The topological polar surface area (TPSA) is 28.7 Å². The summed E-state index contributed by atoms with van der Waals surface area (Å²) in [4.78, 5) is 0. The molecule has 2 heteroatoms. The Morgan fingerprint density at radius 3 is 2.67 bits per heavy atom. The third-order valence-electron chi connectivity index (χ3n) is 3.06. The Hall–Kier alpha value is -1.57. The van der Waals surface area contributed by atoms with Gasteiger partial charge in [0, 0.05) is 11.3 Å². The van der Waals surface area contributed by atoms with Gasteiger partial charge in [-0.2, -0.15) is 5.10 Å². The highest BCUT2D eigenvalue weighted by molar-refractivity contribution is 5.73. The highest BCUT2D eigenvalue weighted by atomic mass is 15.1. The minimum Gasteiger partial charge on any atom is -0.282 e. The maximum atomic E-state index is 4.37. The van der Waals surface area contributed by atoms with Crippen LogP contribution in [0.5, 0.6) is 0 Å². The zero-order chi connectivity index (χ0) is 13.5. The molecule has 0 unspecified atom stereocenters. The number of nitrogens with zero attached hydrogens (tertiary/aromatic N) is 1. The van der Waals surface area contributed by atoms with E-state index in [1.54, 1.807) is 6.08 Å². The largest absolute Gasteiger partial charge is 0.282 e. The van der Waals surface area contributed by atoms with E-state index in [1.807, 2.05) is 6.08 Å². The second kappa shape index (κ2) is 7.00. The molecule has 2 nitrogen and oxygen atoms in total. The predicted octanol–water partition coefficient (Wildman–Crippen LogP) is 4.70. The molecule has 0 radical (unpaired) electrons. The summed E-state index contributed by atoms with van der Waals surface area (Å²) in [5.74, 6) is 1.05. The molecular weight excluding hydrogens is 220 g/mol. The summed E-state index contributed by atoms with van der Waals surface area (Å²) in [6, 6.07) is 2.11. The van der Waals surface area contributed by atoms with Crippen LogP contribution in [0.1, 0.15) is 51.4 Å². The summed E-state index contributed by atoms with van der Waals surface area (Å²) in [6.07, 6.45) is 9.31. The van der Waals surface area contributed by atoms with E-state index >= 15 is 0 Å². The first-order valence-electron chi connectivity index (χ1n) is 6.65. The number of hydrogen-bond donors (Lipinski definition) is 1. The average Bonchev–Trinajstić information content (AvgIpc) is 2.83. The van der Waals surface area contributed by atoms with Crippen molar-refractivity contribution in [3.05, 3.63) is 48.3 Å². The molecule has 18 heavy (non-hydrogen) atoms. The molecule has 0 bridgehead atoms. The Labute approximate surface area is 111 Å². The number of aromatic nitrogens is 2. The van der Waals surface area contributed by atoms with Crippen molar-refractivity contribution < 1.29 is 0 Å². The van der Waals surface area contributed by atoms with E-state index in [1.165, 1.54) is 0 Å². The second-order valence-electron chi connectivity index (χ2n) is 4.97. The minimum absolute atomic E-state index is 0.467. The second-order valence-corrected chi connectivity index (χ2v) is 4.97. The van der Waals surface area contributed by atoms with Gasteiger partial charge in [0.15, 0.2) is 0 Å². The molecule has 0 aromatic carbocycles. The summed E-state index contributed by atoms with van der Waals surface area (Å²) in [5, 5.41) is 7.45. The third kappa shape index (κ3) is 4.02. The van der Waals surface area contributed by atoms with Crippen molar-refractivity contribution in [2.45, 2.75) is 40.0 Å². The Morgan fingerprint density at radius 2 is 2.17 bits per heavy atom. The molecule has 1 heterocycles. The summed E-state index contributed by atoms with van der Waals surface area (Å²) in [7, 11) is 0. The monoisotopic (exact) mass is 244 g/mol. The van der Waals surface area contributed by atoms with E-state index in [4.69, 9.17) is 0 Å². The third-order valence-corrected chi connectivity index (χ3v) is 3.06. The van der Waals surface area contributed by atoms with Crippen LogP contribution in [-0.4, -0.2) is 10.2 Å². The summed E-state index contributed by atoms with van der Waals surface area (Å²) in [6.45, 7) is 12.5. The summed E-state index contributed by atoms with van der Waals surface area (Å²) < 4.78 is 0. The molecular formula is C16H24N2. The molecule has 1 rings (SSSR count). The van der Waals surface area contributed by atoms with Crippen molar-refractivity contribution in [3.63, 3.8) is 0 Å². The van der Waals surface area contributed by atoms with Crippen molar-refractivity contribution in [3.8, 4) is 0 Å². The van der Waals surface area contributed by atoms with Gasteiger partial charge in [-0.05, 0) is 17.9 Å². The van der Waals surface area contributed by atoms with Crippen LogP contribution in [0.4, 0.5) is 0 Å². The van der Waals surface area contributed by atoms with E-state index in [9.17, 15) is 0 Å². The quantitative estimate of drug-likeness (QED) is 0.722. The Morgan fingerprint density at radius 1 is 1.44 bits per heavy atom. The van der Waals surface area contributed by atoms with E-state index in [-0.39, 0.29) is 0 Å². The van der Waals surface area contributed by atoms with Gasteiger partial charge in [-0.1, -0.05) is 65.0 Å². The molecule has 1 aromatic rings. The minimum atomic E-state index is 0.467. The van der Waals surface area contributed by atoms with Gasteiger partial charge in [-0.15, -0.1) is 0 Å². The SMILES string of the molecule is C=C/C=C(\C=C/[C@H](C)CC)c1cc(C(C)C)[nH]n1. The van der Waals surface area contributed by atoms with Crippen LogP contribution in [0.15, 0.2) is 36.9 Å². The lowest BCUT2D eigenvalue weighted by atomic mass is 10.0. The number of hydrogen-bond acceptors (Lipinski definition) is 1. The Kier molecular flexibility index (Phi) is 5.63. The lowest BCUT2D eigenvalue weighted by Crippen LogP contribution is -1.86. The van der Waals surface area contributed by atoms with Gasteiger partial charge in [-0.25, -0.2) is 0 Å². The molecule has 0 fully saturated rings. The molecule has 0 spiro atoms. The fraction of sp³-hybridized carbons (Fsp3) is 0.438. The molecule has 0 saturated heterocycles. The normalized spacial score (nSPS) is 14.4. The molecule has 1 atom stereocenters. The lowest BCUT2D eigenvalue weighted by molar-refractivity contribution is 0.698. The molecule has 1 aromatic heterocycles. The first kappa shape index (κ1) is 14.5. The van der Waals surface area contributed by atoms with Crippen LogP contribution in [0.3, 0.4) is 0 Å². The highest BCUT2D eigenvalue weighted by Gasteiger charge is 2.06. The zero-order valence-corrected chi connectivity index (χ0v) is 11.9. The maximum absolute atomic E-state index is 4.37. The maximum Gasteiger partial charge on any atom is 0.0923 e. The van der Waals surface area contributed by atoms with Gasteiger partial charge in [0.05, 0.1) is 5.69 Å². The van der Waals surface area contributed by atoms with Crippen molar-refractivity contribution in [2.24, 2.45) is 5.92 Å². The molecule has 0 saturated carbocycles. The highest BCUT2D eigenvalue weighted by Crippen LogP contribution is 2.20. The standard InChI is InChI=1S/C16H24N2/c1-6-8-14(10-9-13(5)7-2)16-11-15(12(3)4)17-18-16/h6,8-13H,1,7H2,2-5H3,(H,17,18)/b10-9-,14-8+/t13-/m1/s1. The zero-order valence-electron chi connectivity index (χ0n) is 11.9. The molecule has 0 amide bonds. The molecule has 98 valence electrons. The average molecular weight is 244 g/mol. The van der Waals surface area contributed by atoms with E-state index in [0.717, 1.165) is 23.4 Å². The summed E-state index contributed by atoms with van der Waals surface area (Å²) >= 11 is 0. The van der Waals surface area contributed by atoms with Crippen LogP contribution >= 0.6 is 0 Å². The van der Waals surface area contributed by atoms with Crippen LogP contribution < -0.4 is 0 Å².